The van der Waals surface area contributed by atoms with E-state index in [-0.39, 0.29) is 5.92 Å². The lowest BCUT2D eigenvalue weighted by Crippen LogP contribution is -2.31. The molecule has 2 atom stereocenters. The molecule has 0 amide bonds. The fourth-order valence-corrected chi connectivity index (χ4v) is 7.47. The highest BCUT2D eigenvalue weighted by Gasteiger charge is 2.26. The highest BCUT2D eigenvalue weighted by Crippen LogP contribution is 2.26. The fourth-order valence-electron chi connectivity index (χ4n) is 7.47. The van der Waals surface area contributed by atoms with E-state index < -0.39 is 0 Å². The van der Waals surface area contributed by atoms with Gasteiger partial charge in [0.1, 0.15) is 5.78 Å². The van der Waals surface area contributed by atoms with Crippen molar-refractivity contribution >= 4 is 11.6 Å². The SMILES string of the molecule is CCCCCCCCCCCCCCCCCC(=O)C(CCN)CC(CCCCCCCCCCCCCCCC)C1=NCCN1. The third-order valence-electron chi connectivity index (χ3n) is 10.6. The van der Waals surface area contributed by atoms with Gasteiger partial charge in [-0.05, 0) is 32.2 Å². The Morgan fingerprint density at radius 2 is 0.978 bits per heavy atom. The Morgan fingerprint density at radius 3 is 1.35 bits per heavy atom. The molecule has 1 heterocycles. The molecule has 1 aliphatic heterocycles. The normalized spacial score (nSPS) is 14.4. The molecule has 0 aromatic carbocycles. The number of hydrogen-bond donors (Lipinski definition) is 2. The first-order chi connectivity index (χ1) is 22.7. The number of ketones is 1. The lowest BCUT2D eigenvalue weighted by Gasteiger charge is -2.23. The largest absolute Gasteiger partial charge is 0.372 e. The minimum absolute atomic E-state index is 0.110. The van der Waals surface area contributed by atoms with E-state index in [0.717, 1.165) is 45.2 Å². The summed E-state index contributed by atoms with van der Waals surface area (Å²) in [7, 11) is 0. The third-order valence-corrected chi connectivity index (χ3v) is 10.6. The van der Waals surface area contributed by atoms with Crippen LogP contribution in [0.5, 0.6) is 0 Å². The van der Waals surface area contributed by atoms with Gasteiger partial charge < -0.3 is 11.1 Å². The first kappa shape index (κ1) is 43.1. The molecule has 1 aliphatic rings. The first-order valence-corrected chi connectivity index (χ1v) is 21.2. The third kappa shape index (κ3) is 26.1. The molecule has 0 radical (unpaired) electrons. The lowest BCUT2D eigenvalue weighted by molar-refractivity contribution is -0.123. The minimum atomic E-state index is 0.110. The number of amidine groups is 1. The van der Waals surface area contributed by atoms with Gasteiger partial charge in [0.25, 0.3) is 0 Å². The monoisotopic (exact) mass is 646 g/mol. The van der Waals surface area contributed by atoms with Gasteiger partial charge in [-0.2, -0.15) is 0 Å². The van der Waals surface area contributed by atoms with Crippen LogP contribution in [0.1, 0.15) is 226 Å². The highest BCUT2D eigenvalue weighted by atomic mass is 16.1. The van der Waals surface area contributed by atoms with Crippen molar-refractivity contribution in [2.75, 3.05) is 19.6 Å². The number of nitrogens with zero attached hydrogens (tertiary/aromatic N) is 1. The van der Waals surface area contributed by atoms with Crippen LogP contribution in [0.15, 0.2) is 4.99 Å². The molecule has 3 N–H and O–H groups in total. The smallest absolute Gasteiger partial charge is 0.136 e. The van der Waals surface area contributed by atoms with Gasteiger partial charge in [-0.25, -0.2) is 0 Å². The average molecular weight is 646 g/mol. The quantitative estimate of drug-likeness (QED) is 0.0661. The maximum Gasteiger partial charge on any atom is 0.136 e. The van der Waals surface area contributed by atoms with Crippen molar-refractivity contribution in [3.05, 3.63) is 0 Å². The van der Waals surface area contributed by atoms with Crippen molar-refractivity contribution in [3.63, 3.8) is 0 Å². The van der Waals surface area contributed by atoms with Crippen LogP contribution in [0, 0.1) is 11.8 Å². The van der Waals surface area contributed by atoms with Crippen LogP contribution in [-0.4, -0.2) is 31.3 Å². The predicted octanol–water partition coefficient (Wildman–Crippen LogP) is 12.7. The Kier molecular flexibility index (Phi) is 31.9. The van der Waals surface area contributed by atoms with Crippen molar-refractivity contribution in [1.82, 2.24) is 5.32 Å². The molecule has 0 aliphatic carbocycles. The van der Waals surface area contributed by atoms with Crippen LogP contribution in [-0.2, 0) is 4.79 Å². The second-order valence-electron chi connectivity index (χ2n) is 15.0. The van der Waals surface area contributed by atoms with Crippen LogP contribution in [0.3, 0.4) is 0 Å². The maximum absolute atomic E-state index is 13.3. The summed E-state index contributed by atoms with van der Waals surface area (Å²) in [4.78, 5) is 18.1. The Balaban J connectivity index is 2.15. The zero-order valence-electron chi connectivity index (χ0n) is 31.5. The predicted molar refractivity (Wildman–Crippen MR) is 205 cm³/mol. The van der Waals surface area contributed by atoms with Crippen molar-refractivity contribution in [2.24, 2.45) is 22.6 Å². The second-order valence-corrected chi connectivity index (χ2v) is 15.0. The van der Waals surface area contributed by atoms with Crippen molar-refractivity contribution < 1.29 is 4.79 Å². The summed E-state index contributed by atoms with van der Waals surface area (Å²) < 4.78 is 0. The number of nitrogens with one attached hydrogen (secondary N) is 1. The minimum Gasteiger partial charge on any atom is -0.372 e. The van der Waals surface area contributed by atoms with Gasteiger partial charge in [-0.15, -0.1) is 0 Å². The summed E-state index contributed by atoms with van der Waals surface area (Å²) in [5.74, 6) is 2.15. The number of Topliss-reactive ketones (excluding diaryl/α,β-unsaturated/α-hetero) is 1. The Morgan fingerprint density at radius 1 is 0.587 bits per heavy atom. The van der Waals surface area contributed by atoms with Gasteiger partial charge >= 0.3 is 0 Å². The summed E-state index contributed by atoms with van der Waals surface area (Å²) in [5, 5.41) is 3.55. The van der Waals surface area contributed by atoms with Crippen molar-refractivity contribution in [2.45, 2.75) is 226 Å². The summed E-state index contributed by atoms with van der Waals surface area (Å²) in [6.45, 7) is 7.05. The van der Waals surface area contributed by atoms with E-state index in [1.165, 1.54) is 186 Å². The van der Waals surface area contributed by atoms with Gasteiger partial charge in [0.2, 0.25) is 0 Å². The topological polar surface area (TPSA) is 67.5 Å². The first-order valence-electron chi connectivity index (χ1n) is 21.2. The average Bonchev–Trinajstić information content (AvgIpc) is 3.61. The molecule has 4 nitrogen and oxygen atoms in total. The highest BCUT2D eigenvalue weighted by molar-refractivity contribution is 5.87. The number of carbonyl (C=O) groups is 1. The van der Waals surface area contributed by atoms with E-state index in [9.17, 15) is 4.79 Å². The van der Waals surface area contributed by atoms with Gasteiger partial charge in [0.05, 0.1) is 12.4 Å². The van der Waals surface area contributed by atoms with Crippen LogP contribution >= 0.6 is 0 Å². The molecule has 46 heavy (non-hydrogen) atoms. The number of rotatable bonds is 37. The van der Waals surface area contributed by atoms with E-state index in [1.807, 2.05) is 0 Å². The number of hydrogen-bond acceptors (Lipinski definition) is 4. The van der Waals surface area contributed by atoms with Gasteiger partial charge in [-0.3, -0.25) is 9.79 Å². The number of unbranched alkanes of at least 4 members (excludes halogenated alkanes) is 27. The van der Waals surface area contributed by atoms with Gasteiger partial charge in [0.15, 0.2) is 0 Å². The number of carbonyl (C=O) groups excluding carboxylic acids is 1. The molecule has 0 aromatic heterocycles. The van der Waals surface area contributed by atoms with Crippen LogP contribution in [0.25, 0.3) is 0 Å². The molecule has 0 fully saturated rings. The van der Waals surface area contributed by atoms with E-state index in [1.54, 1.807) is 0 Å². The van der Waals surface area contributed by atoms with E-state index in [2.05, 4.69) is 19.2 Å². The van der Waals surface area contributed by atoms with E-state index in [4.69, 9.17) is 10.7 Å². The summed E-state index contributed by atoms with van der Waals surface area (Å²) in [5.41, 5.74) is 6.01. The fraction of sp³-hybridized carbons (Fsp3) is 0.952. The van der Waals surface area contributed by atoms with Crippen LogP contribution in [0.4, 0.5) is 0 Å². The molecule has 0 saturated heterocycles. The molecule has 1 rings (SSSR count). The standard InChI is InChI=1S/C42H83N3O/c1-3-5-7-9-11-13-15-17-19-21-23-25-27-29-31-33-41(46)39(34-35-43)38-40(42-44-36-37-45-42)32-30-28-26-24-22-20-18-16-14-12-10-8-6-4-2/h39-40H,3-38,43H2,1-2H3,(H,44,45). The van der Waals surface area contributed by atoms with Crippen LogP contribution < -0.4 is 11.1 Å². The Labute approximate surface area is 289 Å². The molecule has 0 saturated carbocycles. The van der Waals surface area contributed by atoms with E-state index in [0.29, 0.717) is 18.2 Å². The molecule has 4 heteroatoms. The Bertz CT molecular complexity index is 678. The van der Waals surface area contributed by atoms with E-state index >= 15 is 0 Å². The molecule has 2 unspecified atom stereocenters. The summed E-state index contributed by atoms with van der Waals surface area (Å²) >= 11 is 0. The Hall–Kier alpha value is -0.900. The lowest BCUT2D eigenvalue weighted by atomic mass is 9.83. The van der Waals surface area contributed by atoms with Gasteiger partial charge in [0, 0.05) is 24.8 Å². The van der Waals surface area contributed by atoms with Crippen molar-refractivity contribution in [1.29, 1.82) is 0 Å². The molecular formula is C42H83N3O. The molecular weight excluding hydrogens is 562 g/mol. The molecule has 0 spiro atoms. The van der Waals surface area contributed by atoms with Gasteiger partial charge in [-0.1, -0.05) is 194 Å². The molecule has 0 aromatic rings. The van der Waals surface area contributed by atoms with Crippen molar-refractivity contribution in [3.8, 4) is 0 Å². The zero-order chi connectivity index (χ0) is 33.2. The summed E-state index contributed by atoms with van der Waals surface area (Å²) in [6, 6.07) is 0. The number of nitrogens with two attached hydrogens (primary N) is 1. The zero-order valence-corrected chi connectivity index (χ0v) is 31.5. The molecule has 0 bridgehead atoms. The number of aliphatic imine (C=N–C) groups is 1. The maximum atomic E-state index is 13.3. The second kappa shape index (κ2) is 34.0. The molecule has 272 valence electrons. The summed E-state index contributed by atoms with van der Waals surface area (Å²) in [6.07, 6.45) is 43.6. The van der Waals surface area contributed by atoms with Crippen LogP contribution in [0.2, 0.25) is 0 Å².